The third-order valence-corrected chi connectivity index (χ3v) is 5.83. The first kappa shape index (κ1) is 17.7. The van der Waals surface area contributed by atoms with Crippen molar-refractivity contribution in [3.8, 4) is 11.3 Å². The third-order valence-electron chi connectivity index (χ3n) is 4.23. The molecule has 2 aromatic carbocycles. The molecule has 0 bridgehead atoms. The van der Waals surface area contributed by atoms with Gasteiger partial charge in [0.2, 0.25) is 0 Å². The highest BCUT2D eigenvalue weighted by Gasteiger charge is 2.17. The van der Waals surface area contributed by atoms with Crippen molar-refractivity contribution in [2.45, 2.75) is 24.2 Å². The van der Waals surface area contributed by atoms with Crippen molar-refractivity contribution in [3.63, 3.8) is 0 Å². The molecule has 0 saturated heterocycles. The van der Waals surface area contributed by atoms with Gasteiger partial charge in [-0.2, -0.15) is 0 Å². The second-order valence-corrected chi connectivity index (χ2v) is 7.34. The lowest BCUT2D eigenvalue weighted by Crippen LogP contribution is -1.99. The summed E-state index contributed by atoms with van der Waals surface area (Å²) in [6.45, 7) is 0.714. The Kier molecular flexibility index (Phi) is 5.77. The van der Waals surface area contributed by atoms with Gasteiger partial charge in [-0.25, -0.2) is 0 Å². The minimum Gasteiger partial charge on any atom is -0.353 e. The van der Waals surface area contributed by atoms with E-state index < -0.39 is 0 Å². The molecular formula is C19H20Cl2N2S. The number of nitrogens with one attached hydrogen (secondary N) is 1. The van der Waals surface area contributed by atoms with Gasteiger partial charge in [-0.05, 0) is 49.8 Å². The van der Waals surface area contributed by atoms with Crippen LogP contribution in [-0.4, -0.2) is 17.8 Å². The summed E-state index contributed by atoms with van der Waals surface area (Å²) >= 11 is 14.4. The van der Waals surface area contributed by atoms with Crippen LogP contribution in [0.3, 0.4) is 0 Å². The number of fused-ring (bicyclic) bond motifs is 1. The summed E-state index contributed by atoms with van der Waals surface area (Å²) < 4.78 is 0. The van der Waals surface area contributed by atoms with E-state index in [1.165, 1.54) is 16.0 Å². The first-order valence-corrected chi connectivity index (χ1v) is 9.97. The summed E-state index contributed by atoms with van der Waals surface area (Å²) in [7, 11) is 0. The lowest BCUT2D eigenvalue weighted by molar-refractivity contribution is 0.748. The van der Waals surface area contributed by atoms with Gasteiger partial charge in [0, 0.05) is 15.8 Å². The molecule has 3 N–H and O–H groups in total. The summed E-state index contributed by atoms with van der Waals surface area (Å²) in [5.41, 5.74) is 10.2. The zero-order valence-electron chi connectivity index (χ0n) is 13.5. The minimum absolute atomic E-state index is 0.573. The standard InChI is InChI=1S/C19H20Cl2N2S/c1-24-16-8-3-2-7-14(16)18-12(6-4-5-11-22)13-9-10-15(20)17(21)19(13)23-18/h2-3,7-10,23H,4-6,11,22H2,1H3. The maximum atomic E-state index is 6.45. The number of thioether (sulfide) groups is 1. The number of hydrogen-bond acceptors (Lipinski definition) is 2. The molecule has 0 fully saturated rings. The number of hydrogen-bond donors (Lipinski definition) is 2. The molecule has 0 atom stereocenters. The van der Waals surface area contributed by atoms with Gasteiger partial charge in [-0.3, -0.25) is 0 Å². The fourth-order valence-corrected chi connectivity index (χ4v) is 4.02. The molecule has 126 valence electrons. The highest BCUT2D eigenvalue weighted by molar-refractivity contribution is 7.98. The fourth-order valence-electron chi connectivity index (χ4n) is 3.05. The second kappa shape index (κ2) is 7.83. The molecule has 0 spiro atoms. The highest BCUT2D eigenvalue weighted by atomic mass is 35.5. The molecule has 3 aromatic rings. The molecule has 0 saturated carbocycles. The van der Waals surface area contributed by atoms with E-state index in [-0.39, 0.29) is 0 Å². The van der Waals surface area contributed by atoms with Crippen molar-refractivity contribution < 1.29 is 0 Å². The van der Waals surface area contributed by atoms with Crippen molar-refractivity contribution in [2.75, 3.05) is 12.8 Å². The van der Waals surface area contributed by atoms with E-state index in [0.29, 0.717) is 16.6 Å². The van der Waals surface area contributed by atoms with Crippen molar-refractivity contribution in [1.82, 2.24) is 4.98 Å². The van der Waals surface area contributed by atoms with Crippen LogP contribution in [0.25, 0.3) is 22.2 Å². The van der Waals surface area contributed by atoms with Gasteiger partial charge >= 0.3 is 0 Å². The lowest BCUT2D eigenvalue weighted by Gasteiger charge is -2.09. The Morgan fingerprint density at radius 1 is 1.08 bits per heavy atom. The first-order valence-electron chi connectivity index (χ1n) is 7.99. The number of halogens is 2. The summed E-state index contributed by atoms with van der Waals surface area (Å²) in [4.78, 5) is 4.77. The molecule has 3 rings (SSSR count). The zero-order chi connectivity index (χ0) is 17.1. The number of H-pyrrole nitrogens is 1. The van der Waals surface area contributed by atoms with Crippen LogP contribution in [0.2, 0.25) is 10.0 Å². The number of benzene rings is 2. The summed E-state index contributed by atoms with van der Waals surface area (Å²) in [5, 5.41) is 2.30. The Hall–Kier alpha value is -1.13. The van der Waals surface area contributed by atoms with Crippen LogP contribution in [-0.2, 0) is 6.42 Å². The van der Waals surface area contributed by atoms with Crippen molar-refractivity contribution in [1.29, 1.82) is 0 Å². The molecular weight excluding hydrogens is 359 g/mol. The van der Waals surface area contributed by atoms with Crippen LogP contribution in [0.5, 0.6) is 0 Å². The maximum absolute atomic E-state index is 6.45. The summed E-state index contributed by atoms with van der Waals surface area (Å²) in [6.07, 6.45) is 5.13. The zero-order valence-corrected chi connectivity index (χ0v) is 15.9. The van der Waals surface area contributed by atoms with E-state index >= 15 is 0 Å². The predicted molar refractivity (Wildman–Crippen MR) is 108 cm³/mol. The Bertz CT molecular complexity index is 858. The number of aromatic amines is 1. The summed E-state index contributed by atoms with van der Waals surface area (Å²) in [6, 6.07) is 12.4. The largest absolute Gasteiger partial charge is 0.353 e. The van der Waals surface area contributed by atoms with Crippen molar-refractivity contribution >= 4 is 45.9 Å². The number of nitrogens with two attached hydrogens (primary N) is 1. The summed E-state index contributed by atoms with van der Waals surface area (Å²) in [5.74, 6) is 0. The van der Waals surface area contributed by atoms with E-state index in [2.05, 4.69) is 41.6 Å². The highest BCUT2D eigenvalue weighted by Crippen LogP contribution is 2.40. The number of rotatable bonds is 6. The van der Waals surface area contributed by atoms with E-state index in [1.54, 1.807) is 11.8 Å². The number of aromatic nitrogens is 1. The average molecular weight is 379 g/mol. The van der Waals surface area contributed by atoms with E-state index in [4.69, 9.17) is 28.9 Å². The van der Waals surface area contributed by atoms with Crippen LogP contribution >= 0.6 is 35.0 Å². The molecule has 5 heteroatoms. The molecule has 0 radical (unpaired) electrons. The minimum atomic E-state index is 0.573. The number of unbranched alkanes of at least 4 members (excludes halogenated alkanes) is 1. The normalized spacial score (nSPS) is 11.3. The smallest absolute Gasteiger partial charge is 0.0833 e. The van der Waals surface area contributed by atoms with Gasteiger partial charge in [-0.15, -0.1) is 11.8 Å². The number of aryl methyl sites for hydroxylation is 1. The van der Waals surface area contributed by atoms with E-state index in [9.17, 15) is 0 Å². The van der Waals surface area contributed by atoms with Crippen LogP contribution in [0.1, 0.15) is 18.4 Å². The van der Waals surface area contributed by atoms with Gasteiger partial charge in [0.05, 0.1) is 21.3 Å². The maximum Gasteiger partial charge on any atom is 0.0833 e. The first-order chi connectivity index (χ1) is 11.7. The Balaban J connectivity index is 2.21. The molecule has 0 aliphatic carbocycles. The Morgan fingerprint density at radius 3 is 2.62 bits per heavy atom. The lowest BCUT2D eigenvalue weighted by atomic mass is 10.0. The van der Waals surface area contributed by atoms with Crippen LogP contribution < -0.4 is 5.73 Å². The van der Waals surface area contributed by atoms with Gasteiger partial charge in [-0.1, -0.05) is 47.5 Å². The van der Waals surface area contributed by atoms with Gasteiger partial charge in [0.25, 0.3) is 0 Å². The second-order valence-electron chi connectivity index (χ2n) is 5.71. The quantitative estimate of drug-likeness (QED) is 0.399. The SMILES string of the molecule is CSc1ccccc1-c1[nH]c2c(Cl)c(Cl)ccc2c1CCCCN. The van der Waals surface area contributed by atoms with Crippen LogP contribution in [0, 0.1) is 0 Å². The van der Waals surface area contributed by atoms with E-state index in [1.807, 2.05) is 6.07 Å². The molecule has 1 heterocycles. The molecule has 0 aliphatic heterocycles. The third kappa shape index (κ3) is 3.31. The molecule has 2 nitrogen and oxygen atoms in total. The molecule has 24 heavy (non-hydrogen) atoms. The van der Waals surface area contributed by atoms with Gasteiger partial charge in [0.1, 0.15) is 0 Å². The average Bonchev–Trinajstić information content (AvgIpc) is 2.97. The topological polar surface area (TPSA) is 41.8 Å². The van der Waals surface area contributed by atoms with Crippen molar-refractivity contribution in [2.24, 2.45) is 5.73 Å². The molecule has 1 aromatic heterocycles. The Labute approximate surface area is 156 Å². The van der Waals surface area contributed by atoms with E-state index in [0.717, 1.165) is 35.9 Å². The predicted octanol–water partition coefficient (Wildman–Crippen LogP) is 6.15. The monoisotopic (exact) mass is 378 g/mol. The van der Waals surface area contributed by atoms with Crippen LogP contribution in [0.15, 0.2) is 41.3 Å². The molecule has 0 aliphatic rings. The van der Waals surface area contributed by atoms with Gasteiger partial charge in [0.15, 0.2) is 0 Å². The van der Waals surface area contributed by atoms with Crippen molar-refractivity contribution in [3.05, 3.63) is 52.0 Å². The molecule has 0 unspecified atom stereocenters. The van der Waals surface area contributed by atoms with Crippen LogP contribution in [0.4, 0.5) is 0 Å². The molecule has 0 amide bonds. The Morgan fingerprint density at radius 2 is 1.88 bits per heavy atom. The van der Waals surface area contributed by atoms with Gasteiger partial charge < -0.3 is 10.7 Å². The fraction of sp³-hybridized carbons (Fsp3) is 0.263.